The molecule has 2 aliphatic rings. The standard InChI is InChI=1S/C17H23N3O4/c21-12-13-4-5-15(16(11-13)20(23)24)18-9-6-14(7-10-18)19-8-2-1-3-17(19)22/h4-5,11,14,21H,1-3,6-10,12H2. The first-order valence-corrected chi connectivity index (χ1v) is 8.52. The Kier molecular flexibility index (Phi) is 4.99. The van der Waals surface area contributed by atoms with Crippen LogP contribution in [0.4, 0.5) is 11.4 Å². The van der Waals surface area contributed by atoms with E-state index in [1.54, 1.807) is 12.1 Å². The summed E-state index contributed by atoms with van der Waals surface area (Å²) < 4.78 is 0. The number of aliphatic hydroxyl groups is 1. The molecule has 7 heteroatoms. The topological polar surface area (TPSA) is 86.9 Å². The van der Waals surface area contributed by atoms with Gasteiger partial charge in [-0.3, -0.25) is 14.9 Å². The third-order valence-electron chi connectivity index (χ3n) is 5.03. The largest absolute Gasteiger partial charge is 0.392 e. The summed E-state index contributed by atoms with van der Waals surface area (Å²) in [4.78, 5) is 27.0. The number of hydrogen-bond donors (Lipinski definition) is 1. The lowest BCUT2D eigenvalue weighted by molar-refractivity contribution is -0.384. The lowest BCUT2D eigenvalue weighted by Crippen LogP contribution is -2.49. The average Bonchev–Trinajstić information content (AvgIpc) is 2.62. The zero-order valence-electron chi connectivity index (χ0n) is 13.7. The fraction of sp³-hybridized carbons (Fsp3) is 0.588. The number of anilines is 1. The number of nitrogens with zero attached hydrogens (tertiary/aromatic N) is 3. The van der Waals surface area contributed by atoms with Gasteiger partial charge < -0.3 is 14.9 Å². The Balaban J connectivity index is 1.70. The van der Waals surface area contributed by atoms with Crippen LogP contribution in [0.15, 0.2) is 18.2 Å². The zero-order chi connectivity index (χ0) is 17.1. The van der Waals surface area contributed by atoms with Crippen LogP contribution in [-0.2, 0) is 11.4 Å². The Morgan fingerprint density at radius 2 is 1.96 bits per heavy atom. The Hall–Kier alpha value is -2.15. The molecule has 2 saturated heterocycles. The van der Waals surface area contributed by atoms with Crippen LogP contribution in [0, 0.1) is 10.1 Å². The van der Waals surface area contributed by atoms with E-state index in [-0.39, 0.29) is 24.2 Å². The molecule has 0 aromatic heterocycles. The Bertz CT molecular complexity index is 626. The lowest BCUT2D eigenvalue weighted by atomic mass is 9.98. The maximum atomic E-state index is 12.1. The van der Waals surface area contributed by atoms with Crippen molar-refractivity contribution in [2.45, 2.75) is 44.8 Å². The Morgan fingerprint density at radius 3 is 2.58 bits per heavy atom. The third-order valence-corrected chi connectivity index (χ3v) is 5.03. The fourth-order valence-electron chi connectivity index (χ4n) is 3.71. The van der Waals surface area contributed by atoms with Crippen molar-refractivity contribution in [3.63, 3.8) is 0 Å². The van der Waals surface area contributed by atoms with Crippen LogP contribution in [0.2, 0.25) is 0 Å². The molecule has 2 aliphatic heterocycles. The number of amides is 1. The van der Waals surface area contributed by atoms with Crippen molar-refractivity contribution in [3.8, 4) is 0 Å². The highest BCUT2D eigenvalue weighted by Crippen LogP contribution is 2.32. The molecule has 0 bridgehead atoms. The monoisotopic (exact) mass is 333 g/mol. The van der Waals surface area contributed by atoms with E-state index in [1.807, 2.05) is 9.80 Å². The molecule has 3 rings (SSSR count). The lowest BCUT2D eigenvalue weighted by Gasteiger charge is -2.40. The molecule has 24 heavy (non-hydrogen) atoms. The van der Waals surface area contributed by atoms with Crippen LogP contribution in [-0.4, -0.2) is 46.5 Å². The minimum atomic E-state index is -0.394. The Morgan fingerprint density at radius 1 is 1.21 bits per heavy atom. The second-order valence-corrected chi connectivity index (χ2v) is 6.50. The van der Waals surface area contributed by atoms with Crippen LogP contribution in [0.25, 0.3) is 0 Å². The minimum Gasteiger partial charge on any atom is -0.392 e. The summed E-state index contributed by atoms with van der Waals surface area (Å²) in [6.07, 6.45) is 4.38. The number of aliphatic hydroxyl groups excluding tert-OH is 1. The van der Waals surface area contributed by atoms with E-state index in [1.165, 1.54) is 6.07 Å². The molecular formula is C17H23N3O4. The number of carbonyl (C=O) groups excluding carboxylic acids is 1. The molecule has 1 N–H and O–H groups in total. The molecule has 1 amide bonds. The maximum Gasteiger partial charge on any atom is 0.292 e. The van der Waals surface area contributed by atoms with Crippen molar-refractivity contribution in [2.75, 3.05) is 24.5 Å². The van der Waals surface area contributed by atoms with E-state index >= 15 is 0 Å². The molecule has 0 aliphatic carbocycles. The summed E-state index contributed by atoms with van der Waals surface area (Å²) in [5, 5.41) is 20.5. The smallest absolute Gasteiger partial charge is 0.292 e. The van der Waals surface area contributed by atoms with Crippen molar-refractivity contribution in [1.82, 2.24) is 4.90 Å². The van der Waals surface area contributed by atoms with E-state index in [9.17, 15) is 20.0 Å². The fourth-order valence-corrected chi connectivity index (χ4v) is 3.71. The highest BCUT2D eigenvalue weighted by molar-refractivity contribution is 5.77. The van der Waals surface area contributed by atoms with Gasteiger partial charge in [0.2, 0.25) is 5.91 Å². The van der Waals surface area contributed by atoms with Gasteiger partial charge in [0, 0.05) is 38.2 Å². The summed E-state index contributed by atoms with van der Waals surface area (Å²) in [6, 6.07) is 5.14. The van der Waals surface area contributed by atoms with Crippen molar-refractivity contribution < 1.29 is 14.8 Å². The molecule has 0 saturated carbocycles. The van der Waals surface area contributed by atoms with E-state index < -0.39 is 4.92 Å². The van der Waals surface area contributed by atoms with Gasteiger partial charge in [0.05, 0.1) is 11.5 Å². The van der Waals surface area contributed by atoms with E-state index in [4.69, 9.17) is 0 Å². The van der Waals surface area contributed by atoms with E-state index in [2.05, 4.69) is 0 Å². The van der Waals surface area contributed by atoms with Gasteiger partial charge in [0.15, 0.2) is 0 Å². The molecule has 0 unspecified atom stereocenters. The second kappa shape index (κ2) is 7.17. The predicted octanol–water partition coefficient (Wildman–Crippen LogP) is 2.07. The number of hydrogen-bond acceptors (Lipinski definition) is 5. The first kappa shape index (κ1) is 16.7. The molecule has 1 aromatic rings. The normalized spacial score (nSPS) is 19.6. The molecule has 1 aromatic carbocycles. The summed E-state index contributed by atoms with van der Waals surface area (Å²) in [5.41, 5.74) is 1.17. The number of piperidine rings is 2. The number of carbonyl (C=O) groups is 1. The number of nitro groups is 1. The molecule has 0 spiro atoms. The highest BCUT2D eigenvalue weighted by Gasteiger charge is 2.31. The molecular weight excluding hydrogens is 310 g/mol. The van der Waals surface area contributed by atoms with Crippen LogP contribution < -0.4 is 4.90 Å². The number of benzene rings is 1. The minimum absolute atomic E-state index is 0.0362. The first-order chi connectivity index (χ1) is 11.6. The van der Waals surface area contributed by atoms with Gasteiger partial charge in [-0.15, -0.1) is 0 Å². The molecule has 0 atom stereocenters. The molecule has 130 valence electrons. The maximum absolute atomic E-state index is 12.1. The zero-order valence-corrected chi connectivity index (χ0v) is 13.7. The van der Waals surface area contributed by atoms with Crippen molar-refractivity contribution in [2.24, 2.45) is 0 Å². The summed E-state index contributed by atoms with van der Waals surface area (Å²) in [7, 11) is 0. The van der Waals surface area contributed by atoms with Gasteiger partial charge in [-0.05, 0) is 37.3 Å². The van der Waals surface area contributed by atoms with Crippen LogP contribution in [0.3, 0.4) is 0 Å². The quantitative estimate of drug-likeness (QED) is 0.673. The van der Waals surface area contributed by atoms with Crippen molar-refractivity contribution in [1.29, 1.82) is 0 Å². The van der Waals surface area contributed by atoms with Gasteiger partial charge in [-0.2, -0.15) is 0 Å². The van der Waals surface area contributed by atoms with Crippen molar-refractivity contribution in [3.05, 3.63) is 33.9 Å². The van der Waals surface area contributed by atoms with Crippen LogP contribution in [0.1, 0.15) is 37.7 Å². The molecule has 0 radical (unpaired) electrons. The summed E-state index contributed by atoms with van der Waals surface area (Å²) in [6.45, 7) is 2.04. The van der Waals surface area contributed by atoms with Gasteiger partial charge in [-0.1, -0.05) is 6.07 Å². The van der Waals surface area contributed by atoms with Gasteiger partial charge in [0.1, 0.15) is 5.69 Å². The van der Waals surface area contributed by atoms with Crippen molar-refractivity contribution >= 4 is 17.3 Å². The summed E-state index contributed by atoms with van der Waals surface area (Å²) in [5.74, 6) is 0.248. The van der Waals surface area contributed by atoms with Crippen LogP contribution in [0.5, 0.6) is 0 Å². The van der Waals surface area contributed by atoms with Gasteiger partial charge in [0.25, 0.3) is 5.69 Å². The molecule has 2 heterocycles. The summed E-state index contributed by atoms with van der Waals surface area (Å²) >= 11 is 0. The van der Waals surface area contributed by atoms with E-state index in [0.29, 0.717) is 30.8 Å². The Labute approximate surface area is 141 Å². The first-order valence-electron chi connectivity index (χ1n) is 8.52. The number of rotatable bonds is 4. The molecule has 7 nitrogen and oxygen atoms in total. The third kappa shape index (κ3) is 3.36. The van der Waals surface area contributed by atoms with Gasteiger partial charge in [-0.25, -0.2) is 0 Å². The second-order valence-electron chi connectivity index (χ2n) is 6.50. The van der Waals surface area contributed by atoms with Crippen LogP contribution >= 0.6 is 0 Å². The van der Waals surface area contributed by atoms with Gasteiger partial charge >= 0.3 is 0 Å². The number of nitro benzene ring substituents is 1. The SMILES string of the molecule is O=C1CCCCN1C1CCN(c2ccc(CO)cc2[N+](=O)[O-])CC1. The van der Waals surface area contributed by atoms with E-state index in [0.717, 1.165) is 32.2 Å². The predicted molar refractivity (Wildman–Crippen MR) is 89.8 cm³/mol. The highest BCUT2D eigenvalue weighted by atomic mass is 16.6. The number of likely N-dealkylation sites (tertiary alicyclic amines) is 1. The average molecular weight is 333 g/mol. The molecule has 2 fully saturated rings.